The summed E-state index contributed by atoms with van der Waals surface area (Å²) in [5.74, 6) is 0.366. The minimum Gasteiger partial charge on any atom is -0.336 e. The Morgan fingerprint density at radius 3 is 2.71 bits per heavy atom. The van der Waals surface area contributed by atoms with Gasteiger partial charge < -0.3 is 10.6 Å². The first-order valence-corrected chi connectivity index (χ1v) is 7.98. The topological polar surface area (TPSA) is 107 Å². The molecule has 2 N–H and O–H groups in total. The van der Waals surface area contributed by atoms with Crippen molar-refractivity contribution in [2.24, 2.45) is 0 Å². The van der Waals surface area contributed by atoms with Crippen molar-refractivity contribution in [1.82, 2.24) is 29.9 Å². The minimum atomic E-state index is -4.50. The number of alkyl halides is 3. The molecule has 0 aliphatic carbocycles. The van der Waals surface area contributed by atoms with Crippen LogP contribution in [0.1, 0.15) is 5.56 Å². The van der Waals surface area contributed by atoms with Gasteiger partial charge >= 0.3 is 12.2 Å². The van der Waals surface area contributed by atoms with Crippen LogP contribution in [0.3, 0.4) is 0 Å². The van der Waals surface area contributed by atoms with Crippen LogP contribution in [0.2, 0.25) is 0 Å². The van der Waals surface area contributed by atoms with Crippen molar-refractivity contribution in [1.29, 1.82) is 0 Å². The average molecular weight is 393 g/mol. The highest BCUT2D eigenvalue weighted by Gasteiger charge is 2.30. The summed E-state index contributed by atoms with van der Waals surface area (Å²) in [4.78, 5) is 27.5. The number of urea groups is 1. The van der Waals surface area contributed by atoms with Gasteiger partial charge in [-0.2, -0.15) is 18.3 Å². The van der Waals surface area contributed by atoms with Gasteiger partial charge in [-0.1, -0.05) is 6.07 Å². The lowest BCUT2D eigenvalue weighted by molar-refractivity contribution is -0.137. The maximum atomic E-state index is 12.7. The molecule has 1 aromatic carbocycles. The molecule has 0 unspecified atom stereocenters. The highest BCUT2D eigenvalue weighted by Crippen LogP contribution is 2.30. The van der Waals surface area contributed by atoms with Crippen molar-refractivity contribution in [3.63, 3.8) is 0 Å². The SMILES string of the molecule is O=C(NCCn1nc(-n2cncn2)ccc1=O)Nc1cccc(C(F)(F)F)c1. The second-order valence-electron chi connectivity index (χ2n) is 5.55. The molecular formula is C16H14F3N7O2. The van der Waals surface area contributed by atoms with Crippen LogP contribution < -0.4 is 16.2 Å². The third-order valence-electron chi connectivity index (χ3n) is 3.56. The Balaban J connectivity index is 1.58. The lowest BCUT2D eigenvalue weighted by Crippen LogP contribution is -2.34. The van der Waals surface area contributed by atoms with Crippen molar-refractivity contribution in [3.8, 4) is 5.82 Å². The highest BCUT2D eigenvalue weighted by atomic mass is 19.4. The Morgan fingerprint density at radius 1 is 1.18 bits per heavy atom. The molecular weight excluding hydrogens is 379 g/mol. The number of hydrogen-bond acceptors (Lipinski definition) is 5. The van der Waals surface area contributed by atoms with Gasteiger partial charge in [0.25, 0.3) is 5.56 Å². The number of halogens is 3. The summed E-state index contributed by atoms with van der Waals surface area (Å²) in [6.07, 6.45) is -1.77. The van der Waals surface area contributed by atoms with Gasteiger partial charge in [0.1, 0.15) is 12.7 Å². The molecule has 3 aromatic rings. The van der Waals surface area contributed by atoms with Crippen molar-refractivity contribution in [3.05, 3.63) is 65.0 Å². The number of nitrogens with zero attached hydrogens (tertiary/aromatic N) is 5. The fourth-order valence-electron chi connectivity index (χ4n) is 2.27. The molecule has 9 nitrogen and oxygen atoms in total. The van der Waals surface area contributed by atoms with E-state index in [4.69, 9.17) is 0 Å². The molecule has 0 spiro atoms. The monoisotopic (exact) mass is 393 g/mol. The first-order valence-electron chi connectivity index (χ1n) is 7.98. The van der Waals surface area contributed by atoms with Gasteiger partial charge in [0.2, 0.25) is 0 Å². The van der Waals surface area contributed by atoms with Crippen LogP contribution >= 0.6 is 0 Å². The Bertz CT molecular complexity index is 1020. The van der Waals surface area contributed by atoms with E-state index in [2.05, 4.69) is 25.8 Å². The van der Waals surface area contributed by atoms with Crippen LogP contribution in [0, 0.1) is 0 Å². The van der Waals surface area contributed by atoms with Gasteiger partial charge in [0.05, 0.1) is 12.1 Å². The summed E-state index contributed by atoms with van der Waals surface area (Å²) in [7, 11) is 0. The van der Waals surface area contributed by atoms with E-state index in [1.807, 2.05) is 0 Å². The second kappa shape index (κ2) is 7.90. The predicted octanol–water partition coefficient (Wildman–Crippen LogP) is 1.66. The van der Waals surface area contributed by atoms with Crippen LogP contribution in [0.5, 0.6) is 0 Å². The van der Waals surface area contributed by atoms with Crippen LogP contribution in [-0.2, 0) is 12.7 Å². The van der Waals surface area contributed by atoms with E-state index in [1.165, 1.54) is 41.6 Å². The van der Waals surface area contributed by atoms with E-state index in [0.717, 1.165) is 16.8 Å². The van der Waals surface area contributed by atoms with Gasteiger partial charge in [0.15, 0.2) is 5.82 Å². The van der Waals surface area contributed by atoms with E-state index >= 15 is 0 Å². The Kier molecular flexibility index (Phi) is 5.38. The van der Waals surface area contributed by atoms with Crippen LogP contribution in [0.25, 0.3) is 5.82 Å². The molecule has 12 heteroatoms. The summed E-state index contributed by atoms with van der Waals surface area (Å²) in [6.45, 7) is 0.0793. The zero-order valence-corrected chi connectivity index (χ0v) is 14.2. The molecule has 146 valence electrons. The molecule has 0 aliphatic rings. The molecule has 28 heavy (non-hydrogen) atoms. The highest BCUT2D eigenvalue weighted by molar-refractivity contribution is 5.89. The summed E-state index contributed by atoms with van der Waals surface area (Å²) >= 11 is 0. The number of anilines is 1. The summed E-state index contributed by atoms with van der Waals surface area (Å²) in [5, 5.41) is 12.8. The average Bonchev–Trinajstić information content (AvgIpc) is 3.17. The van der Waals surface area contributed by atoms with E-state index in [0.29, 0.717) is 5.82 Å². The van der Waals surface area contributed by atoms with E-state index in [1.54, 1.807) is 0 Å². The Morgan fingerprint density at radius 2 is 2.00 bits per heavy atom. The van der Waals surface area contributed by atoms with E-state index < -0.39 is 17.8 Å². The van der Waals surface area contributed by atoms with Crippen molar-refractivity contribution >= 4 is 11.7 Å². The fraction of sp³-hybridized carbons (Fsp3) is 0.188. The van der Waals surface area contributed by atoms with Gasteiger partial charge in [-0.15, -0.1) is 5.10 Å². The Hall–Kier alpha value is -3.70. The smallest absolute Gasteiger partial charge is 0.336 e. The quantitative estimate of drug-likeness (QED) is 0.686. The normalized spacial score (nSPS) is 11.2. The maximum absolute atomic E-state index is 12.7. The Labute approximate surface area is 155 Å². The van der Waals surface area contributed by atoms with Gasteiger partial charge in [0, 0.05) is 18.3 Å². The molecule has 2 amide bonds. The number of hydrogen-bond donors (Lipinski definition) is 2. The number of nitrogens with one attached hydrogen (secondary N) is 2. The van der Waals surface area contributed by atoms with Gasteiger partial charge in [-0.05, 0) is 24.3 Å². The number of carbonyl (C=O) groups is 1. The molecule has 0 aliphatic heterocycles. The summed E-state index contributed by atoms with van der Waals surface area (Å²) in [5.41, 5.74) is -1.26. The molecule has 0 saturated heterocycles. The van der Waals surface area contributed by atoms with E-state index in [9.17, 15) is 22.8 Å². The van der Waals surface area contributed by atoms with Crippen molar-refractivity contribution in [2.75, 3.05) is 11.9 Å². The molecule has 2 heterocycles. The molecule has 2 aromatic heterocycles. The third-order valence-corrected chi connectivity index (χ3v) is 3.56. The summed E-state index contributed by atoms with van der Waals surface area (Å²) in [6, 6.07) is 6.32. The number of amides is 2. The molecule has 0 atom stereocenters. The number of benzene rings is 1. The van der Waals surface area contributed by atoms with Crippen molar-refractivity contribution in [2.45, 2.75) is 12.7 Å². The number of carbonyl (C=O) groups excluding carboxylic acids is 1. The molecule has 0 saturated carbocycles. The summed E-state index contributed by atoms with van der Waals surface area (Å²) < 4.78 is 40.6. The maximum Gasteiger partial charge on any atom is 0.416 e. The third kappa shape index (κ3) is 4.72. The van der Waals surface area contributed by atoms with Crippen LogP contribution in [0.15, 0.2) is 53.8 Å². The van der Waals surface area contributed by atoms with Crippen LogP contribution in [0.4, 0.5) is 23.7 Å². The first-order chi connectivity index (χ1) is 13.3. The zero-order chi connectivity index (χ0) is 20.1. The lowest BCUT2D eigenvalue weighted by atomic mass is 10.2. The largest absolute Gasteiger partial charge is 0.416 e. The molecule has 0 bridgehead atoms. The number of aromatic nitrogens is 5. The fourth-order valence-corrected chi connectivity index (χ4v) is 2.27. The second-order valence-corrected chi connectivity index (χ2v) is 5.55. The van der Waals surface area contributed by atoms with Crippen LogP contribution in [-0.4, -0.2) is 37.1 Å². The standard InChI is InChI=1S/C16H14F3N7O2/c17-16(18,19)11-2-1-3-12(8-11)23-15(28)21-6-7-25-14(27)5-4-13(24-25)26-10-20-9-22-26/h1-5,8-10H,6-7H2,(H2,21,23,28). The lowest BCUT2D eigenvalue weighted by Gasteiger charge is -2.11. The van der Waals surface area contributed by atoms with Gasteiger partial charge in [-0.3, -0.25) is 4.79 Å². The van der Waals surface area contributed by atoms with E-state index in [-0.39, 0.29) is 24.3 Å². The molecule has 0 radical (unpaired) electrons. The first kappa shape index (κ1) is 19.1. The predicted molar refractivity (Wildman–Crippen MR) is 91.9 cm³/mol. The molecule has 0 fully saturated rings. The minimum absolute atomic E-state index is 0.00389. The van der Waals surface area contributed by atoms with Gasteiger partial charge in [-0.25, -0.2) is 19.1 Å². The number of rotatable bonds is 5. The zero-order valence-electron chi connectivity index (χ0n) is 14.2. The molecule has 3 rings (SSSR count). The van der Waals surface area contributed by atoms with Crippen molar-refractivity contribution < 1.29 is 18.0 Å².